The third-order valence-electron chi connectivity index (χ3n) is 6.12. The van der Waals surface area contributed by atoms with Gasteiger partial charge in [-0.1, -0.05) is 41.4 Å². The molecule has 1 N–H and O–H groups in total. The Morgan fingerprint density at radius 1 is 0.758 bits per heavy atom. The first-order valence-electron chi connectivity index (χ1n) is 11.1. The first-order chi connectivity index (χ1) is 16.0. The van der Waals surface area contributed by atoms with Gasteiger partial charge in [-0.3, -0.25) is 9.59 Å². The van der Waals surface area contributed by atoms with Crippen molar-refractivity contribution in [2.45, 2.75) is 19.8 Å². The summed E-state index contributed by atoms with van der Waals surface area (Å²) in [6, 6.07) is 22.3. The molecule has 33 heavy (non-hydrogen) atoms. The molecule has 0 aliphatic carbocycles. The van der Waals surface area contributed by atoms with Crippen molar-refractivity contribution in [1.82, 2.24) is 0 Å². The van der Waals surface area contributed by atoms with Gasteiger partial charge >= 0.3 is 0 Å². The standard InChI is InChI=1S/C27H24ClN3O2/c1-18-4-12-23(13-5-18)31-26(32)24(19-6-8-20(28)9-7-19)25(27(31)33)29-21-10-14-22(15-11-21)30-16-2-3-17-30/h4-15,29H,2-3,16-17H2,1H3. The van der Waals surface area contributed by atoms with Crippen LogP contribution in [-0.2, 0) is 9.59 Å². The van der Waals surface area contributed by atoms with Crippen LogP contribution in [0.1, 0.15) is 24.0 Å². The molecule has 0 atom stereocenters. The van der Waals surface area contributed by atoms with Gasteiger partial charge in [0.25, 0.3) is 11.8 Å². The minimum Gasteiger partial charge on any atom is -0.372 e. The lowest BCUT2D eigenvalue weighted by molar-refractivity contribution is -0.120. The van der Waals surface area contributed by atoms with Crippen LogP contribution in [0.4, 0.5) is 17.1 Å². The lowest BCUT2D eigenvalue weighted by Crippen LogP contribution is -2.32. The van der Waals surface area contributed by atoms with Gasteiger partial charge in [-0.25, -0.2) is 4.90 Å². The number of amides is 2. The third-order valence-corrected chi connectivity index (χ3v) is 6.37. The molecule has 0 saturated carbocycles. The fraction of sp³-hybridized carbons (Fsp3) is 0.185. The molecule has 0 unspecified atom stereocenters. The number of nitrogens with one attached hydrogen (secondary N) is 1. The number of aryl methyl sites for hydroxylation is 1. The van der Waals surface area contributed by atoms with Crippen molar-refractivity contribution in [3.8, 4) is 0 Å². The van der Waals surface area contributed by atoms with Crippen LogP contribution in [0.15, 0.2) is 78.5 Å². The Labute approximate surface area is 198 Å². The topological polar surface area (TPSA) is 52.7 Å². The molecule has 3 aromatic carbocycles. The number of carbonyl (C=O) groups is 2. The van der Waals surface area contributed by atoms with Crippen LogP contribution in [0.2, 0.25) is 5.02 Å². The summed E-state index contributed by atoms with van der Waals surface area (Å²) in [6.07, 6.45) is 2.42. The molecular weight excluding hydrogens is 434 g/mol. The summed E-state index contributed by atoms with van der Waals surface area (Å²) in [5, 5.41) is 3.80. The number of anilines is 3. The van der Waals surface area contributed by atoms with Gasteiger partial charge in [0.2, 0.25) is 0 Å². The zero-order valence-corrected chi connectivity index (χ0v) is 19.1. The Morgan fingerprint density at radius 2 is 1.36 bits per heavy atom. The molecule has 0 radical (unpaired) electrons. The summed E-state index contributed by atoms with van der Waals surface area (Å²) >= 11 is 6.06. The Bertz CT molecular complexity index is 1230. The average Bonchev–Trinajstić information content (AvgIpc) is 3.44. The normalized spacial score (nSPS) is 16.2. The summed E-state index contributed by atoms with van der Waals surface area (Å²) in [4.78, 5) is 30.5. The maximum absolute atomic E-state index is 13.5. The highest BCUT2D eigenvalue weighted by molar-refractivity contribution is 6.46. The van der Waals surface area contributed by atoms with Crippen LogP contribution in [-0.4, -0.2) is 24.9 Å². The van der Waals surface area contributed by atoms with Gasteiger partial charge in [0.1, 0.15) is 5.70 Å². The highest BCUT2D eigenvalue weighted by Crippen LogP contribution is 2.34. The molecule has 0 spiro atoms. The zero-order chi connectivity index (χ0) is 22.9. The Hall–Kier alpha value is -3.57. The monoisotopic (exact) mass is 457 g/mol. The summed E-state index contributed by atoms with van der Waals surface area (Å²) in [5.74, 6) is -0.736. The van der Waals surface area contributed by atoms with Gasteiger partial charge in [0.15, 0.2) is 0 Å². The quantitative estimate of drug-likeness (QED) is 0.503. The molecule has 5 nitrogen and oxygen atoms in total. The van der Waals surface area contributed by atoms with Crippen molar-refractivity contribution in [3.05, 3.63) is 94.6 Å². The van der Waals surface area contributed by atoms with Gasteiger partial charge in [-0.05, 0) is 73.9 Å². The number of halogens is 1. The molecule has 2 aliphatic rings. The molecule has 0 bridgehead atoms. The molecule has 2 amide bonds. The average molecular weight is 458 g/mol. The van der Waals surface area contributed by atoms with Crippen LogP contribution < -0.4 is 15.1 Å². The van der Waals surface area contributed by atoms with Crippen molar-refractivity contribution in [2.75, 3.05) is 28.2 Å². The van der Waals surface area contributed by atoms with E-state index in [9.17, 15) is 9.59 Å². The summed E-state index contributed by atoms with van der Waals surface area (Å²) in [7, 11) is 0. The first kappa shape index (κ1) is 21.3. The van der Waals surface area contributed by atoms with Crippen molar-refractivity contribution >= 4 is 46.1 Å². The first-order valence-corrected chi connectivity index (χ1v) is 11.5. The van der Waals surface area contributed by atoms with Crippen molar-refractivity contribution < 1.29 is 9.59 Å². The van der Waals surface area contributed by atoms with Crippen molar-refractivity contribution in [1.29, 1.82) is 0 Å². The number of nitrogens with zero attached hydrogens (tertiary/aromatic N) is 2. The Balaban J connectivity index is 1.51. The van der Waals surface area contributed by atoms with Crippen molar-refractivity contribution in [3.63, 3.8) is 0 Å². The third kappa shape index (κ3) is 4.12. The number of rotatable bonds is 5. The van der Waals surface area contributed by atoms with Crippen LogP contribution >= 0.6 is 11.6 Å². The van der Waals surface area contributed by atoms with E-state index < -0.39 is 0 Å². The lowest BCUT2D eigenvalue weighted by Gasteiger charge is -2.18. The second-order valence-corrected chi connectivity index (χ2v) is 8.84. The van der Waals surface area contributed by atoms with Gasteiger partial charge in [-0.15, -0.1) is 0 Å². The molecule has 0 aromatic heterocycles. The van der Waals surface area contributed by atoms with E-state index in [0.717, 1.165) is 24.3 Å². The van der Waals surface area contributed by atoms with Crippen LogP contribution in [0.5, 0.6) is 0 Å². The van der Waals surface area contributed by atoms with E-state index in [1.807, 2.05) is 31.2 Å². The molecule has 2 heterocycles. The van der Waals surface area contributed by atoms with Gasteiger partial charge < -0.3 is 10.2 Å². The molecule has 166 valence electrons. The second-order valence-electron chi connectivity index (χ2n) is 8.40. The minimum atomic E-state index is -0.377. The van der Waals surface area contributed by atoms with Crippen molar-refractivity contribution in [2.24, 2.45) is 0 Å². The van der Waals surface area contributed by atoms with E-state index >= 15 is 0 Å². The minimum absolute atomic E-state index is 0.261. The van der Waals surface area contributed by atoms with Crippen LogP contribution in [0, 0.1) is 6.92 Å². The molecule has 3 aromatic rings. The number of hydrogen-bond donors (Lipinski definition) is 1. The van der Waals surface area contributed by atoms with Gasteiger partial charge in [0.05, 0.1) is 11.3 Å². The SMILES string of the molecule is Cc1ccc(N2C(=O)C(Nc3ccc(N4CCCC4)cc3)=C(c3ccc(Cl)cc3)C2=O)cc1. The van der Waals surface area contributed by atoms with E-state index in [1.54, 1.807) is 36.4 Å². The van der Waals surface area contributed by atoms with E-state index in [-0.39, 0.29) is 17.5 Å². The number of imide groups is 1. The molecule has 5 rings (SSSR count). The zero-order valence-electron chi connectivity index (χ0n) is 18.3. The van der Waals surface area contributed by atoms with Crippen LogP contribution in [0.25, 0.3) is 5.57 Å². The smallest absolute Gasteiger partial charge is 0.282 e. The molecule has 2 aliphatic heterocycles. The maximum atomic E-state index is 13.5. The van der Waals surface area contributed by atoms with Gasteiger partial charge in [-0.2, -0.15) is 0 Å². The molecule has 1 fully saturated rings. The lowest BCUT2D eigenvalue weighted by atomic mass is 10.0. The number of hydrogen-bond acceptors (Lipinski definition) is 4. The Kier molecular flexibility index (Phi) is 5.65. The summed E-state index contributed by atoms with van der Waals surface area (Å²) in [5.41, 5.74) is 4.76. The van der Waals surface area contributed by atoms with E-state index in [0.29, 0.717) is 21.8 Å². The molecular formula is C27H24ClN3O2. The summed E-state index contributed by atoms with van der Waals surface area (Å²) < 4.78 is 0. The fourth-order valence-corrected chi connectivity index (χ4v) is 4.46. The molecule has 6 heteroatoms. The maximum Gasteiger partial charge on any atom is 0.282 e. The number of carbonyl (C=O) groups excluding carboxylic acids is 2. The van der Waals surface area contributed by atoms with E-state index in [2.05, 4.69) is 22.3 Å². The number of benzene rings is 3. The largest absolute Gasteiger partial charge is 0.372 e. The molecule has 1 saturated heterocycles. The highest BCUT2D eigenvalue weighted by atomic mass is 35.5. The van der Waals surface area contributed by atoms with E-state index in [4.69, 9.17) is 11.6 Å². The predicted octanol–water partition coefficient (Wildman–Crippen LogP) is 5.65. The highest BCUT2D eigenvalue weighted by Gasteiger charge is 2.40. The van der Waals surface area contributed by atoms with Gasteiger partial charge in [0, 0.05) is 29.5 Å². The van der Waals surface area contributed by atoms with Crippen LogP contribution in [0.3, 0.4) is 0 Å². The fourth-order valence-electron chi connectivity index (χ4n) is 4.33. The summed E-state index contributed by atoms with van der Waals surface area (Å²) in [6.45, 7) is 4.10. The van der Waals surface area contributed by atoms with E-state index in [1.165, 1.54) is 23.4 Å². The Morgan fingerprint density at radius 3 is 2.00 bits per heavy atom. The predicted molar refractivity (Wildman–Crippen MR) is 134 cm³/mol. The second kappa shape index (κ2) is 8.75.